The van der Waals surface area contributed by atoms with E-state index in [2.05, 4.69) is 20.8 Å². The van der Waals surface area contributed by atoms with Gasteiger partial charge in [0.05, 0.1) is 6.10 Å². The Kier molecular flexibility index (Phi) is 2.26. The third kappa shape index (κ3) is 1.30. The summed E-state index contributed by atoms with van der Waals surface area (Å²) in [7, 11) is 1.77. The van der Waals surface area contributed by atoms with Crippen LogP contribution in [0.25, 0.3) is 0 Å². The highest BCUT2D eigenvalue weighted by molar-refractivity contribution is 5.11. The summed E-state index contributed by atoms with van der Waals surface area (Å²) >= 11 is 0. The van der Waals surface area contributed by atoms with Gasteiger partial charge in [-0.25, -0.2) is 0 Å². The summed E-state index contributed by atoms with van der Waals surface area (Å²) in [6, 6.07) is 0.340. The predicted octanol–water partition coefficient (Wildman–Crippen LogP) is 1.39. The molecule has 0 aromatic rings. The fraction of sp³-hybridized carbons (Fsp3) is 1.00. The summed E-state index contributed by atoms with van der Waals surface area (Å²) in [4.78, 5) is 0. The Labute approximate surface area is 69.1 Å². The molecule has 0 spiro atoms. The molecule has 1 aliphatic carbocycles. The lowest BCUT2D eigenvalue weighted by atomic mass is 10.0. The zero-order chi connectivity index (χ0) is 8.65. The predicted molar refractivity (Wildman–Crippen MR) is 46.3 cm³/mol. The summed E-state index contributed by atoms with van der Waals surface area (Å²) in [6.07, 6.45) is 1.43. The van der Waals surface area contributed by atoms with Crippen LogP contribution in [0.15, 0.2) is 0 Å². The molecule has 66 valence electrons. The quantitative estimate of drug-likeness (QED) is 0.672. The van der Waals surface area contributed by atoms with Gasteiger partial charge in [-0.1, -0.05) is 20.8 Å². The average Bonchev–Trinajstić information content (AvgIpc) is 2.41. The smallest absolute Gasteiger partial charge is 0.0617 e. The van der Waals surface area contributed by atoms with E-state index in [0.717, 1.165) is 6.42 Å². The Hall–Kier alpha value is -0.0800. The standard InChI is InChI=1S/C9H19NO/c1-5-6(11-4)7-8(10)9(7,2)3/h6-8H,5,10H2,1-4H3. The van der Waals surface area contributed by atoms with Crippen molar-refractivity contribution in [1.29, 1.82) is 0 Å². The number of hydrogen-bond donors (Lipinski definition) is 1. The normalized spacial score (nSPS) is 36.8. The molecule has 1 aliphatic rings. The van der Waals surface area contributed by atoms with Gasteiger partial charge >= 0.3 is 0 Å². The lowest BCUT2D eigenvalue weighted by Gasteiger charge is -2.13. The molecule has 2 heteroatoms. The van der Waals surface area contributed by atoms with E-state index >= 15 is 0 Å². The van der Waals surface area contributed by atoms with E-state index in [0.29, 0.717) is 23.5 Å². The monoisotopic (exact) mass is 157 g/mol. The van der Waals surface area contributed by atoms with Crippen molar-refractivity contribution in [3.8, 4) is 0 Å². The van der Waals surface area contributed by atoms with Gasteiger partial charge in [0.1, 0.15) is 0 Å². The molecule has 0 aromatic heterocycles. The van der Waals surface area contributed by atoms with Crippen molar-refractivity contribution in [3.63, 3.8) is 0 Å². The molecule has 3 atom stereocenters. The van der Waals surface area contributed by atoms with Crippen LogP contribution in [0, 0.1) is 11.3 Å². The molecule has 0 bridgehead atoms. The Balaban J connectivity index is 2.51. The molecule has 0 radical (unpaired) electrons. The molecule has 1 rings (SSSR count). The third-order valence-corrected chi connectivity index (χ3v) is 3.10. The number of nitrogens with two attached hydrogens (primary N) is 1. The molecule has 0 aliphatic heterocycles. The van der Waals surface area contributed by atoms with Crippen molar-refractivity contribution >= 4 is 0 Å². The van der Waals surface area contributed by atoms with Crippen LogP contribution < -0.4 is 5.73 Å². The second-order valence-corrected chi connectivity index (χ2v) is 4.06. The van der Waals surface area contributed by atoms with Crippen molar-refractivity contribution in [2.24, 2.45) is 17.1 Å². The van der Waals surface area contributed by atoms with Gasteiger partial charge in [0.15, 0.2) is 0 Å². The van der Waals surface area contributed by atoms with Crippen molar-refractivity contribution in [2.75, 3.05) is 7.11 Å². The lowest BCUT2D eigenvalue weighted by molar-refractivity contribution is 0.0704. The number of ether oxygens (including phenoxy) is 1. The van der Waals surface area contributed by atoms with Gasteiger partial charge in [0.2, 0.25) is 0 Å². The highest BCUT2D eigenvalue weighted by Crippen LogP contribution is 2.53. The molecule has 0 aromatic carbocycles. The van der Waals surface area contributed by atoms with Gasteiger partial charge < -0.3 is 10.5 Å². The summed E-state index contributed by atoms with van der Waals surface area (Å²) in [5, 5.41) is 0. The van der Waals surface area contributed by atoms with Crippen LogP contribution >= 0.6 is 0 Å². The summed E-state index contributed by atoms with van der Waals surface area (Å²) in [5.74, 6) is 0.567. The van der Waals surface area contributed by atoms with Crippen LogP contribution in [0.2, 0.25) is 0 Å². The number of methoxy groups -OCH3 is 1. The molecule has 11 heavy (non-hydrogen) atoms. The van der Waals surface area contributed by atoms with Gasteiger partial charge in [-0.2, -0.15) is 0 Å². The Morgan fingerprint density at radius 2 is 2.00 bits per heavy atom. The van der Waals surface area contributed by atoms with Crippen molar-refractivity contribution in [2.45, 2.75) is 39.3 Å². The Morgan fingerprint density at radius 3 is 2.09 bits per heavy atom. The molecule has 1 saturated carbocycles. The molecule has 1 fully saturated rings. The molecular weight excluding hydrogens is 138 g/mol. The average molecular weight is 157 g/mol. The van der Waals surface area contributed by atoms with E-state index in [1.165, 1.54) is 0 Å². The fourth-order valence-electron chi connectivity index (χ4n) is 2.00. The minimum atomic E-state index is 0.302. The largest absolute Gasteiger partial charge is 0.381 e. The zero-order valence-corrected chi connectivity index (χ0v) is 7.92. The molecule has 0 heterocycles. The summed E-state index contributed by atoms with van der Waals surface area (Å²) in [5.41, 5.74) is 6.22. The van der Waals surface area contributed by atoms with E-state index in [-0.39, 0.29) is 0 Å². The summed E-state index contributed by atoms with van der Waals surface area (Å²) in [6.45, 7) is 6.57. The zero-order valence-electron chi connectivity index (χ0n) is 7.92. The van der Waals surface area contributed by atoms with Crippen LogP contribution in [0.1, 0.15) is 27.2 Å². The van der Waals surface area contributed by atoms with Crippen LogP contribution in [-0.2, 0) is 4.74 Å². The highest BCUT2D eigenvalue weighted by atomic mass is 16.5. The SMILES string of the molecule is CCC(OC)C1C(N)C1(C)C. The maximum Gasteiger partial charge on any atom is 0.0617 e. The minimum absolute atomic E-state index is 0.302. The molecule has 2 N–H and O–H groups in total. The molecule has 3 unspecified atom stereocenters. The first kappa shape index (κ1) is 9.01. The Bertz CT molecular complexity index is 140. The van der Waals surface area contributed by atoms with E-state index in [1.54, 1.807) is 7.11 Å². The van der Waals surface area contributed by atoms with Gasteiger partial charge in [-0.3, -0.25) is 0 Å². The second-order valence-electron chi connectivity index (χ2n) is 4.06. The summed E-state index contributed by atoms with van der Waals surface area (Å²) < 4.78 is 5.35. The van der Waals surface area contributed by atoms with Crippen molar-refractivity contribution in [1.82, 2.24) is 0 Å². The van der Waals surface area contributed by atoms with Crippen molar-refractivity contribution < 1.29 is 4.74 Å². The lowest BCUT2D eigenvalue weighted by Crippen LogP contribution is -2.17. The maximum absolute atomic E-state index is 5.92. The van der Waals surface area contributed by atoms with Crippen molar-refractivity contribution in [3.05, 3.63) is 0 Å². The van der Waals surface area contributed by atoms with Crippen LogP contribution in [0.3, 0.4) is 0 Å². The molecule has 2 nitrogen and oxygen atoms in total. The highest BCUT2D eigenvalue weighted by Gasteiger charge is 2.58. The first-order valence-electron chi connectivity index (χ1n) is 4.34. The topological polar surface area (TPSA) is 35.2 Å². The first-order valence-corrected chi connectivity index (χ1v) is 4.34. The molecular formula is C9H19NO. The van der Waals surface area contributed by atoms with E-state index in [9.17, 15) is 0 Å². The first-order chi connectivity index (χ1) is 5.05. The van der Waals surface area contributed by atoms with E-state index in [1.807, 2.05) is 0 Å². The number of hydrogen-bond acceptors (Lipinski definition) is 2. The van der Waals surface area contributed by atoms with Crippen LogP contribution in [0.4, 0.5) is 0 Å². The molecule has 0 saturated heterocycles. The van der Waals surface area contributed by atoms with Gasteiger partial charge in [-0.05, 0) is 11.8 Å². The Morgan fingerprint density at radius 1 is 1.55 bits per heavy atom. The minimum Gasteiger partial charge on any atom is -0.381 e. The van der Waals surface area contributed by atoms with E-state index in [4.69, 9.17) is 10.5 Å². The molecule has 0 amide bonds. The second kappa shape index (κ2) is 2.76. The fourth-order valence-corrected chi connectivity index (χ4v) is 2.00. The number of rotatable bonds is 3. The van der Waals surface area contributed by atoms with Crippen LogP contribution in [0.5, 0.6) is 0 Å². The van der Waals surface area contributed by atoms with E-state index < -0.39 is 0 Å². The van der Waals surface area contributed by atoms with Gasteiger partial charge in [-0.15, -0.1) is 0 Å². The maximum atomic E-state index is 5.92. The van der Waals surface area contributed by atoms with Gasteiger partial charge in [0, 0.05) is 19.1 Å². The van der Waals surface area contributed by atoms with Crippen LogP contribution in [-0.4, -0.2) is 19.3 Å². The van der Waals surface area contributed by atoms with Gasteiger partial charge in [0.25, 0.3) is 0 Å². The third-order valence-electron chi connectivity index (χ3n) is 3.10.